The number of amides is 1. The van der Waals surface area contributed by atoms with Gasteiger partial charge in [0.2, 0.25) is 0 Å². The van der Waals surface area contributed by atoms with Crippen molar-refractivity contribution in [2.75, 3.05) is 5.32 Å². The largest absolute Gasteiger partial charge is 0.478 e. The SMILES string of the molecule is CCCCC[C@H]1Oc2ccccc2NC1=O. The molecular weight excluding hydrogens is 202 g/mol. The van der Waals surface area contributed by atoms with Crippen molar-refractivity contribution in [3.05, 3.63) is 24.3 Å². The highest BCUT2D eigenvalue weighted by Gasteiger charge is 2.26. The van der Waals surface area contributed by atoms with Gasteiger partial charge in [-0.05, 0) is 25.0 Å². The molecule has 3 nitrogen and oxygen atoms in total. The molecule has 0 saturated carbocycles. The predicted octanol–water partition coefficient (Wildman–Crippen LogP) is 2.97. The molecule has 2 rings (SSSR count). The molecule has 0 radical (unpaired) electrons. The van der Waals surface area contributed by atoms with Gasteiger partial charge in [0, 0.05) is 0 Å². The Hall–Kier alpha value is -1.51. The molecule has 0 aliphatic carbocycles. The van der Waals surface area contributed by atoms with Crippen LogP contribution in [0.15, 0.2) is 24.3 Å². The molecule has 1 N–H and O–H groups in total. The van der Waals surface area contributed by atoms with Crippen molar-refractivity contribution < 1.29 is 9.53 Å². The molecule has 1 aliphatic rings. The van der Waals surface area contributed by atoms with Gasteiger partial charge in [-0.3, -0.25) is 4.79 Å². The van der Waals surface area contributed by atoms with E-state index in [1.807, 2.05) is 24.3 Å². The summed E-state index contributed by atoms with van der Waals surface area (Å²) in [7, 11) is 0. The third-order valence-electron chi connectivity index (χ3n) is 2.78. The molecule has 1 atom stereocenters. The van der Waals surface area contributed by atoms with E-state index in [9.17, 15) is 4.79 Å². The van der Waals surface area contributed by atoms with E-state index in [1.54, 1.807) is 0 Å². The summed E-state index contributed by atoms with van der Waals surface area (Å²) < 4.78 is 5.68. The monoisotopic (exact) mass is 219 g/mol. The van der Waals surface area contributed by atoms with E-state index in [1.165, 1.54) is 0 Å². The predicted molar refractivity (Wildman–Crippen MR) is 63.6 cm³/mol. The Morgan fingerprint density at radius 1 is 1.31 bits per heavy atom. The van der Waals surface area contributed by atoms with E-state index in [0.29, 0.717) is 0 Å². The third-order valence-corrected chi connectivity index (χ3v) is 2.78. The number of hydrogen-bond donors (Lipinski definition) is 1. The van der Waals surface area contributed by atoms with E-state index in [0.717, 1.165) is 37.1 Å². The Morgan fingerprint density at radius 2 is 2.12 bits per heavy atom. The lowest BCUT2D eigenvalue weighted by molar-refractivity contribution is -0.123. The van der Waals surface area contributed by atoms with Crippen LogP contribution in [-0.4, -0.2) is 12.0 Å². The van der Waals surface area contributed by atoms with Crippen LogP contribution in [-0.2, 0) is 4.79 Å². The summed E-state index contributed by atoms with van der Waals surface area (Å²) in [6.07, 6.45) is 3.83. The molecular formula is C13H17NO2. The van der Waals surface area contributed by atoms with Gasteiger partial charge in [-0.2, -0.15) is 0 Å². The fraction of sp³-hybridized carbons (Fsp3) is 0.462. The Morgan fingerprint density at radius 3 is 2.94 bits per heavy atom. The van der Waals surface area contributed by atoms with E-state index < -0.39 is 0 Å². The van der Waals surface area contributed by atoms with Gasteiger partial charge in [-0.15, -0.1) is 0 Å². The second-order valence-electron chi connectivity index (χ2n) is 4.09. The summed E-state index contributed by atoms with van der Waals surface area (Å²) >= 11 is 0. The number of nitrogens with one attached hydrogen (secondary N) is 1. The number of para-hydroxylation sites is 2. The molecule has 3 heteroatoms. The van der Waals surface area contributed by atoms with Gasteiger partial charge in [-0.1, -0.05) is 31.9 Å². The topological polar surface area (TPSA) is 38.3 Å². The number of hydrogen-bond acceptors (Lipinski definition) is 2. The minimum Gasteiger partial charge on any atom is -0.478 e. The first-order valence-electron chi connectivity index (χ1n) is 5.88. The average molecular weight is 219 g/mol. The Kier molecular flexibility index (Phi) is 3.44. The summed E-state index contributed by atoms with van der Waals surface area (Å²) in [6, 6.07) is 7.55. The first-order valence-corrected chi connectivity index (χ1v) is 5.88. The Balaban J connectivity index is 2.01. The van der Waals surface area contributed by atoms with Crippen LogP contribution in [0.4, 0.5) is 5.69 Å². The van der Waals surface area contributed by atoms with Gasteiger partial charge in [0.1, 0.15) is 5.75 Å². The highest BCUT2D eigenvalue weighted by Crippen LogP contribution is 2.29. The van der Waals surface area contributed by atoms with Crippen molar-refractivity contribution in [1.82, 2.24) is 0 Å². The summed E-state index contributed by atoms with van der Waals surface area (Å²) in [5.74, 6) is 0.762. The normalized spacial score (nSPS) is 18.6. The van der Waals surface area contributed by atoms with Gasteiger partial charge in [0.05, 0.1) is 5.69 Å². The maximum Gasteiger partial charge on any atom is 0.265 e. The number of fused-ring (bicyclic) bond motifs is 1. The standard InChI is InChI=1S/C13H17NO2/c1-2-3-4-9-12-13(15)14-10-7-5-6-8-11(10)16-12/h5-8,12H,2-4,9H2,1H3,(H,14,15)/t12-/m1/s1. The molecule has 0 unspecified atom stereocenters. The summed E-state index contributed by atoms with van der Waals surface area (Å²) in [6.45, 7) is 2.15. The lowest BCUT2D eigenvalue weighted by atomic mass is 10.1. The van der Waals surface area contributed by atoms with Crippen LogP contribution in [0, 0.1) is 0 Å². The van der Waals surface area contributed by atoms with Gasteiger partial charge < -0.3 is 10.1 Å². The minimum absolute atomic E-state index is 0.0187. The molecule has 1 aliphatic heterocycles. The first kappa shape index (κ1) is 11.0. The second-order valence-corrected chi connectivity index (χ2v) is 4.09. The maximum absolute atomic E-state index is 11.7. The van der Waals surface area contributed by atoms with Gasteiger partial charge >= 0.3 is 0 Å². The molecule has 86 valence electrons. The highest BCUT2D eigenvalue weighted by atomic mass is 16.5. The van der Waals surface area contributed by atoms with Gasteiger partial charge in [-0.25, -0.2) is 0 Å². The van der Waals surface area contributed by atoms with Crippen molar-refractivity contribution in [2.45, 2.75) is 38.7 Å². The van der Waals surface area contributed by atoms with E-state index >= 15 is 0 Å². The number of benzene rings is 1. The van der Waals surface area contributed by atoms with Crippen LogP contribution in [0.2, 0.25) is 0 Å². The number of carbonyl (C=O) groups is 1. The van der Waals surface area contributed by atoms with Crippen LogP contribution < -0.4 is 10.1 Å². The smallest absolute Gasteiger partial charge is 0.265 e. The molecule has 0 bridgehead atoms. The average Bonchev–Trinajstić information content (AvgIpc) is 2.30. The fourth-order valence-electron chi connectivity index (χ4n) is 1.86. The zero-order valence-electron chi connectivity index (χ0n) is 9.53. The zero-order chi connectivity index (χ0) is 11.4. The highest BCUT2D eigenvalue weighted by molar-refractivity contribution is 5.97. The van der Waals surface area contributed by atoms with E-state index in [2.05, 4.69) is 12.2 Å². The van der Waals surface area contributed by atoms with Crippen molar-refractivity contribution >= 4 is 11.6 Å². The van der Waals surface area contributed by atoms with Crippen molar-refractivity contribution in [3.63, 3.8) is 0 Å². The van der Waals surface area contributed by atoms with Gasteiger partial charge in [0.25, 0.3) is 5.91 Å². The van der Waals surface area contributed by atoms with Crippen LogP contribution in [0.3, 0.4) is 0 Å². The van der Waals surface area contributed by atoms with Crippen molar-refractivity contribution in [2.24, 2.45) is 0 Å². The lowest BCUT2D eigenvalue weighted by Crippen LogP contribution is -2.36. The number of rotatable bonds is 4. The zero-order valence-corrected chi connectivity index (χ0v) is 9.53. The number of anilines is 1. The maximum atomic E-state index is 11.7. The van der Waals surface area contributed by atoms with Crippen molar-refractivity contribution in [1.29, 1.82) is 0 Å². The molecule has 1 aromatic rings. The number of unbranched alkanes of at least 4 members (excludes halogenated alkanes) is 2. The molecule has 1 heterocycles. The molecule has 1 aromatic carbocycles. The van der Waals surface area contributed by atoms with Crippen LogP contribution in [0.1, 0.15) is 32.6 Å². The number of carbonyl (C=O) groups excluding carboxylic acids is 1. The van der Waals surface area contributed by atoms with Crippen LogP contribution in [0.5, 0.6) is 5.75 Å². The quantitative estimate of drug-likeness (QED) is 0.790. The Labute approximate surface area is 95.8 Å². The lowest BCUT2D eigenvalue weighted by Gasteiger charge is -2.25. The summed E-state index contributed by atoms with van der Waals surface area (Å²) in [5.41, 5.74) is 0.777. The molecule has 16 heavy (non-hydrogen) atoms. The molecule has 1 amide bonds. The van der Waals surface area contributed by atoms with Crippen LogP contribution >= 0.6 is 0 Å². The summed E-state index contributed by atoms with van der Waals surface area (Å²) in [5, 5.41) is 2.87. The van der Waals surface area contributed by atoms with Crippen LogP contribution in [0.25, 0.3) is 0 Å². The summed E-state index contributed by atoms with van der Waals surface area (Å²) in [4.78, 5) is 11.7. The molecule has 0 saturated heterocycles. The fourth-order valence-corrected chi connectivity index (χ4v) is 1.86. The first-order chi connectivity index (χ1) is 7.81. The molecule has 0 spiro atoms. The third kappa shape index (κ3) is 2.35. The minimum atomic E-state index is -0.318. The number of ether oxygens (including phenoxy) is 1. The van der Waals surface area contributed by atoms with Gasteiger partial charge in [0.15, 0.2) is 6.10 Å². The van der Waals surface area contributed by atoms with E-state index in [4.69, 9.17) is 4.74 Å². The van der Waals surface area contributed by atoms with Crippen molar-refractivity contribution in [3.8, 4) is 5.75 Å². The molecule has 0 aromatic heterocycles. The Bertz CT molecular complexity index is 376. The second kappa shape index (κ2) is 5.01. The van der Waals surface area contributed by atoms with E-state index in [-0.39, 0.29) is 12.0 Å². The molecule has 0 fully saturated rings.